The van der Waals surface area contributed by atoms with Crippen molar-refractivity contribution in [2.45, 2.75) is 36.5 Å². The summed E-state index contributed by atoms with van der Waals surface area (Å²) < 4.78 is 47.8. The van der Waals surface area contributed by atoms with Gasteiger partial charge in [0, 0.05) is 25.7 Å². The minimum atomic E-state index is -4.60. The van der Waals surface area contributed by atoms with Crippen molar-refractivity contribution in [2.75, 3.05) is 26.7 Å². The predicted octanol–water partition coefficient (Wildman–Crippen LogP) is 1.78. The summed E-state index contributed by atoms with van der Waals surface area (Å²) in [6.07, 6.45) is 0.997. The van der Waals surface area contributed by atoms with Crippen molar-refractivity contribution in [3.63, 3.8) is 0 Å². The van der Waals surface area contributed by atoms with Crippen molar-refractivity contribution < 1.29 is 22.0 Å². The molecule has 0 bridgehead atoms. The smallest absolute Gasteiger partial charge is 0.337 e. The number of hydrogen-bond donors (Lipinski definition) is 0. The van der Waals surface area contributed by atoms with Gasteiger partial charge in [-0.25, -0.2) is 8.42 Å². The van der Waals surface area contributed by atoms with E-state index in [0.29, 0.717) is 12.1 Å². The van der Waals surface area contributed by atoms with Crippen LogP contribution < -0.4 is 0 Å². The van der Waals surface area contributed by atoms with E-state index in [-0.39, 0.29) is 18.4 Å². The largest absolute Gasteiger partial charge is 0.341 e. The molecule has 1 aromatic rings. The normalized spacial score (nSPS) is 19.7. The van der Waals surface area contributed by atoms with Gasteiger partial charge < -0.3 is 9.80 Å². The zero-order valence-corrected chi connectivity index (χ0v) is 14.6. The molecule has 0 aromatic heterocycles. The number of nitrogens with zero attached hydrogens (tertiary/aromatic N) is 2. The zero-order chi connectivity index (χ0) is 17.9. The number of amides is 1. The molecule has 1 amide bonds. The third-order valence-electron chi connectivity index (χ3n) is 4.32. The van der Waals surface area contributed by atoms with Crippen molar-refractivity contribution in [3.8, 4) is 0 Å². The number of alkyl halides is 2. The quantitative estimate of drug-likeness (QED) is 0.803. The lowest BCUT2D eigenvalue weighted by molar-refractivity contribution is -0.135. The van der Waals surface area contributed by atoms with E-state index in [1.807, 2.05) is 18.9 Å². The summed E-state index contributed by atoms with van der Waals surface area (Å²) in [6, 6.07) is 5.26. The Morgan fingerprint density at radius 1 is 1.25 bits per heavy atom. The lowest BCUT2D eigenvalue weighted by atomic mass is 10.1. The summed E-state index contributed by atoms with van der Waals surface area (Å²) in [5.41, 5.74) is 0.613. The molecule has 0 radical (unpaired) electrons. The summed E-state index contributed by atoms with van der Waals surface area (Å²) >= 11 is 0. The number of halogens is 2. The fourth-order valence-electron chi connectivity index (χ4n) is 2.86. The highest BCUT2D eigenvalue weighted by atomic mass is 32.2. The summed E-state index contributed by atoms with van der Waals surface area (Å²) in [5, 5.41) is 0. The monoisotopic (exact) mass is 360 g/mol. The number of benzene rings is 1. The summed E-state index contributed by atoms with van der Waals surface area (Å²) in [4.78, 5) is 16.1. The zero-order valence-electron chi connectivity index (χ0n) is 13.8. The second-order valence-corrected chi connectivity index (χ2v) is 7.96. The van der Waals surface area contributed by atoms with Crippen molar-refractivity contribution in [3.05, 3.63) is 29.8 Å². The van der Waals surface area contributed by atoms with Crippen molar-refractivity contribution in [1.82, 2.24) is 9.80 Å². The third-order valence-corrected chi connectivity index (χ3v) is 5.72. The molecule has 1 aromatic carbocycles. The van der Waals surface area contributed by atoms with Gasteiger partial charge in [-0.15, -0.1) is 0 Å². The van der Waals surface area contributed by atoms with Crippen LogP contribution in [0.15, 0.2) is 29.2 Å². The van der Waals surface area contributed by atoms with E-state index in [1.54, 1.807) is 0 Å². The molecule has 1 fully saturated rings. The molecule has 1 aliphatic rings. The lowest BCUT2D eigenvalue weighted by Crippen LogP contribution is -2.54. The average molecular weight is 360 g/mol. The van der Waals surface area contributed by atoms with E-state index in [9.17, 15) is 22.0 Å². The Morgan fingerprint density at radius 2 is 1.88 bits per heavy atom. The maximum Gasteiger partial charge on any atom is 0.341 e. The van der Waals surface area contributed by atoms with Crippen LogP contribution in [0.3, 0.4) is 0 Å². The molecule has 1 saturated heterocycles. The summed E-state index contributed by atoms with van der Waals surface area (Å²) in [6.45, 7) is 4.33. The van der Waals surface area contributed by atoms with Gasteiger partial charge in [0.2, 0.25) is 15.7 Å². The summed E-state index contributed by atoms with van der Waals surface area (Å²) in [7, 11) is -2.58. The molecule has 2 rings (SSSR count). The molecular formula is C16H22F2N2O3S. The Balaban J connectivity index is 2.07. The Bertz CT molecular complexity index is 677. The lowest BCUT2D eigenvalue weighted by Gasteiger charge is -2.39. The molecule has 1 atom stereocenters. The van der Waals surface area contributed by atoms with Crippen LogP contribution in [0.4, 0.5) is 8.78 Å². The van der Waals surface area contributed by atoms with Crippen LogP contribution in [0.25, 0.3) is 0 Å². The molecule has 5 nitrogen and oxygen atoms in total. The molecule has 0 saturated carbocycles. The van der Waals surface area contributed by atoms with E-state index < -0.39 is 20.5 Å². The summed E-state index contributed by atoms with van der Waals surface area (Å²) in [5.74, 6) is -3.47. The molecule has 0 N–H and O–H groups in total. The molecule has 134 valence electrons. The van der Waals surface area contributed by atoms with Crippen LogP contribution >= 0.6 is 0 Å². The van der Waals surface area contributed by atoms with Crippen LogP contribution in [0, 0.1) is 0 Å². The second kappa shape index (κ2) is 7.57. The van der Waals surface area contributed by atoms with Gasteiger partial charge in [0.1, 0.15) is 0 Å². The Kier molecular flexibility index (Phi) is 5.92. The van der Waals surface area contributed by atoms with E-state index in [2.05, 4.69) is 4.90 Å². The van der Waals surface area contributed by atoms with Gasteiger partial charge in [0.05, 0.1) is 11.3 Å². The fourth-order valence-corrected chi connectivity index (χ4v) is 3.59. The highest BCUT2D eigenvalue weighted by Gasteiger charge is 2.28. The molecular weight excluding hydrogens is 338 g/mol. The maximum atomic E-state index is 12.5. The molecule has 0 aliphatic carbocycles. The first-order chi connectivity index (χ1) is 11.3. The number of likely N-dealkylation sites (N-methyl/N-ethyl adjacent to an activating group) is 1. The van der Waals surface area contributed by atoms with Gasteiger partial charge in [0.25, 0.3) is 0 Å². The minimum Gasteiger partial charge on any atom is -0.337 e. The van der Waals surface area contributed by atoms with Crippen LogP contribution in [-0.2, 0) is 21.1 Å². The van der Waals surface area contributed by atoms with Gasteiger partial charge >= 0.3 is 5.76 Å². The number of sulfone groups is 1. The Labute approximate surface area is 141 Å². The van der Waals surface area contributed by atoms with E-state index in [0.717, 1.165) is 31.6 Å². The van der Waals surface area contributed by atoms with Crippen molar-refractivity contribution >= 4 is 15.7 Å². The van der Waals surface area contributed by atoms with Crippen molar-refractivity contribution in [1.29, 1.82) is 0 Å². The van der Waals surface area contributed by atoms with Gasteiger partial charge in [-0.05, 0) is 31.2 Å². The molecule has 0 spiro atoms. The minimum absolute atomic E-state index is 0.0283. The van der Waals surface area contributed by atoms with E-state index >= 15 is 0 Å². The predicted molar refractivity (Wildman–Crippen MR) is 86.6 cm³/mol. The third kappa shape index (κ3) is 4.10. The van der Waals surface area contributed by atoms with Crippen LogP contribution in [0.1, 0.15) is 18.9 Å². The SMILES string of the molecule is CCC1CN(C)CCN1C(=O)Cc1ccc(S(=O)(=O)C(F)F)cc1. The molecule has 1 heterocycles. The maximum absolute atomic E-state index is 12.5. The number of carbonyl (C=O) groups excluding carboxylic acids is 1. The molecule has 24 heavy (non-hydrogen) atoms. The topological polar surface area (TPSA) is 57.7 Å². The molecule has 1 aliphatic heterocycles. The number of piperazine rings is 1. The van der Waals surface area contributed by atoms with Crippen molar-refractivity contribution in [2.24, 2.45) is 0 Å². The highest BCUT2D eigenvalue weighted by molar-refractivity contribution is 7.91. The average Bonchev–Trinajstić information content (AvgIpc) is 2.54. The number of rotatable bonds is 5. The van der Waals surface area contributed by atoms with Gasteiger partial charge in [-0.3, -0.25) is 4.79 Å². The Hall–Kier alpha value is -1.54. The number of hydrogen-bond acceptors (Lipinski definition) is 4. The number of carbonyl (C=O) groups is 1. The fraction of sp³-hybridized carbons (Fsp3) is 0.562. The van der Waals surface area contributed by atoms with Gasteiger partial charge in [-0.2, -0.15) is 8.78 Å². The first-order valence-electron chi connectivity index (χ1n) is 7.84. The van der Waals surface area contributed by atoms with Gasteiger partial charge in [-0.1, -0.05) is 19.1 Å². The van der Waals surface area contributed by atoms with Crippen LogP contribution in [0.2, 0.25) is 0 Å². The van der Waals surface area contributed by atoms with E-state index in [1.165, 1.54) is 12.1 Å². The first kappa shape index (κ1) is 18.8. The Morgan fingerprint density at radius 3 is 2.42 bits per heavy atom. The molecule has 1 unspecified atom stereocenters. The van der Waals surface area contributed by atoms with E-state index in [4.69, 9.17) is 0 Å². The first-order valence-corrected chi connectivity index (χ1v) is 9.39. The van der Waals surface area contributed by atoms with Crippen LogP contribution in [-0.4, -0.2) is 62.6 Å². The van der Waals surface area contributed by atoms with Gasteiger partial charge in [0.15, 0.2) is 0 Å². The van der Waals surface area contributed by atoms with Crippen LogP contribution in [0.5, 0.6) is 0 Å². The second-order valence-electron chi connectivity index (χ2n) is 6.04. The molecule has 8 heteroatoms. The highest BCUT2D eigenvalue weighted by Crippen LogP contribution is 2.20. The standard InChI is InChI=1S/C16H22F2N2O3S/c1-3-13-11-19(2)8-9-20(13)15(21)10-12-4-6-14(7-5-12)24(22,23)16(17)18/h4-7,13,16H,3,8-11H2,1-2H3.